The van der Waals surface area contributed by atoms with Crippen molar-refractivity contribution >= 4 is 33.4 Å². The quantitative estimate of drug-likeness (QED) is 0.353. The number of rotatable bonds is 6. The van der Waals surface area contributed by atoms with Crippen LogP contribution in [0.3, 0.4) is 0 Å². The summed E-state index contributed by atoms with van der Waals surface area (Å²) in [6.45, 7) is 3.84. The lowest BCUT2D eigenvalue weighted by Gasteiger charge is -2.09. The first-order chi connectivity index (χ1) is 9.85. The molecular weight excluding hydrogens is 314 g/mol. The number of aliphatic imine (C=N–C) groups is 1. The summed E-state index contributed by atoms with van der Waals surface area (Å²) in [5, 5.41) is 2.56. The molecule has 0 aliphatic heterocycles. The van der Waals surface area contributed by atoms with Crippen molar-refractivity contribution in [3.8, 4) is 0 Å². The molecule has 116 valence electrons. The average molecular weight is 332 g/mol. The fourth-order valence-corrected chi connectivity index (χ4v) is 2.75. The highest BCUT2D eigenvalue weighted by Gasteiger charge is 2.15. The number of hydrogen-bond acceptors (Lipinski definition) is 4. The summed E-state index contributed by atoms with van der Waals surface area (Å²) in [6.07, 6.45) is 0. The molecular formula is C13H18ClN3O3S. The lowest BCUT2D eigenvalue weighted by Crippen LogP contribution is -2.33. The summed E-state index contributed by atoms with van der Waals surface area (Å²) in [5.41, 5.74) is 0.968. The van der Waals surface area contributed by atoms with Gasteiger partial charge >= 0.3 is 0 Å². The highest BCUT2D eigenvalue weighted by Crippen LogP contribution is 2.09. The van der Waals surface area contributed by atoms with Crippen molar-refractivity contribution in [1.82, 2.24) is 10.0 Å². The van der Waals surface area contributed by atoms with Crippen LogP contribution in [0.2, 0.25) is 0 Å². The molecule has 21 heavy (non-hydrogen) atoms. The summed E-state index contributed by atoms with van der Waals surface area (Å²) in [4.78, 5) is 14.9. The maximum absolute atomic E-state index is 12.1. The molecule has 1 aromatic rings. The summed E-state index contributed by atoms with van der Waals surface area (Å²) >= 11 is 5.68. The molecule has 0 spiro atoms. The molecule has 8 heteroatoms. The molecule has 0 fully saturated rings. The predicted octanol–water partition coefficient (Wildman–Crippen LogP) is 1.05. The molecule has 6 nitrogen and oxygen atoms in total. The zero-order valence-corrected chi connectivity index (χ0v) is 13.5. The molecule has 1 rings (SSSR count). The lowest BCUT2D eigenvalue weighted by atomic mass is 10.2. The number of carbonyl (C=O) groups is 1. The number of carbonyl (C=O) groups excluding carboxylic acids is 1. The highest BCUT2D eigenvalue weighted by atomic mass is 35.5. The molecule has 0 aromatic heterocycles. The van der Waals surface area contributed by atoms with Crippen LogP contribution in [0.4, 0.5) is 0 Å². The predicted molar refractivity (Wildman–Crippen MR) is 83.2 cm³/mol. The van der Waals surface area contributed by atoms with Gasteiger partial charge in [0.15, 0.2) is 0 Å². The smallest absolute Gasteiger partial charge is 0.262 e. The second kappa shape index (κ2) is 7.99. The zero-order valence-electron chi connectivity index (χ0n) is 11.9. The van der Waals surface area contributed by atoms with Crippen LogP contribution in [0.25, 0.3) is 0 Å². The van der Waals surface area contributed by atoms with Crippen LogP contribution in [-0.4, -0.2) is 39.1 Å². The van der Waals surface area contributed by atoms with E-state index in [1.54, 1.807) is 12.1 Å². The molecule has 0 radical (unpaired) electrons. The van der Waals surface area contributed by atoms with Crippen molar-refractivity contribution < 1.29 is 13.2 Å². The van der Waals surface area contributed by atoms with Gasteiger partial charge in [0.1, 0.15) is 5.84 Å². The van der Waals surface area contributed by atoms with Gasteiger partial charge in [0.2, 0.25) is 5.91 Å². The van der Waals surface area contributed by atoms with Gasteiger partial charge in [0.25, 0.3) is 10.0 Å². The van der Waals surface area contributed by atoms with Crippen LogP contribution >= 0.6 is 11.6 Å². The molecule has 0 saturated carbocycles. The number of amidine groups is 1. The zero-order chi connectivity index (χ0) is 15.9. The van der Waals surface area contributed by atoms with Gasteiger partial charge in [0, 0.05) is 13.5 Å². The van der Waals surface area contributed by atoms with Crippen molar-refractivity contribution in [2.24, 2.45) is 4.99 Å². The third-order valence-electron chi connectivity index (χ3n) is 2.50. The van der Waals surface area contributed by atoms with Crippen molar-refractivity contribution in [2.45, 2.75) is 18.7 Å². The standard InChI is InChI=1S/C13H18ClN3O3S/c1-10-3-5-12(6-4-10)21(19,20)17-13(9-14)16-8-7-15-11(2)18/h3-6H,7-9H2,1-2H3,(H,15,18)(H,16,17). The number of benzene rings is 1. The Hall–Kier alpha value is -1.60. The third kappa shape index (κ3) is 6.14. The van der Waals surface area contributed by atoms with Crippen molar-refractivity contribution in [2.75, 3.05) is 19.0 Å². The first-order valence-electron chi connectivity index (χ1n) is 6.28. The maximum atomic E-state index is 12.1. The molecule has 1 amide bonds. The Kier molecular flexibility index (Phi) is 6.64. The van der Waals surface area contributed by atoms with Crippen LogP contribution in [0.15, 0.2) is 34.2 Å². The van der Waals surface area contributed by atoms with Gasteiger partial charge < -0.3 is 5.32 Å². The SMILES string of the molecule is CC(=O)NCCN=C(CCl)NS(=O)(=O)c1ccc(C)cc1. The minimum Gasteiger partial charge on any atom is -0.354 e. The first kappa shape index (κ1) is 17.5. The van der Waals surface area contributed by atoms with Gasteiger partial charge in [-0.15, -0.1) is 11.6 Å². The van der Waals surface area contributed by atoms with E-state index in [1.807, 2.05) is 6.92 Å². The molecule has 0 aliphatic carbocycles. The number of hydrogen-bond donors (Lipinski definition) is 2. The topological polar surface area (TPSA) is 87.6 Å². The van der Waals surface area contributed by atoms with Crippen molar-refractivity contribution in [3.63, 3.8) is 0 Å². The van der Waals surface area contributed by atoms with Crippen LogP contribution < -0.4 is 10.0 Å². The maximum Gasteiger partial charge on any atom is 0.262 e. The van der Waals surface area contributed by atoms with Crippen LogP contribution in [0.1, 0.15) is 12.5 Å². The largest absolute Gasteiger partial charge is 0.354 e. The normalized spacial score (nSPS) is 12.0. The second-order valence-corrected chi connectivity index (χ2v) is 6.31. The monoisotopic (exact) mass is 331 g/mol. The van der Waals surface area contributed by atoms with Crippen LogP contribution in [-0.2, 0) is 14.8 Å². The van der Waals surface area contributed by atoms with Gasteiger partial charge in [-0.25, -0.2) is 8.42 Å². The Morgan fingerprint density at radius 1 is 1.29 bits per heavy atom. The van der Waals surface area contributed by atoms with E-state index in [4.69, 9.17) is 11.6 Å². The van der Waals surface area contributed by atoms with Gasteiger partial charge in [-0.05, 0) is 19.1 Å². The fourth-order valence-electron chi connectivity index (χ4n) is 1.46. The van der Waals surface area contributed by atoms with Crippen molar-refractivity contribution in [1.29, 1.82) is 0 Å². The lowest BCUT2D eigenvalue weighted by molar-refractivity contribution is -0.118. The first-order valence-corrected chi connectivity index (χ1v) is 8.30. The molecule has 0 bridgehead atoms. The number of halogens is 1. The summed E-state index contributed by atoms with van der Waals surface area (Å²) < 4.78 is 26.6. The number of nitrogens with one attached hydrogen (secondary N) is 2. The van der Waals surface area contributed by atoms with E-state index >= 15 is 0 Å². The van der Waals surface area contributed by atoms with Gasteiger partial charge in [-0.2, -0.15) is 0 Å². The van der Waals surface area contributed by atoms with Gasteiger partial charge in [-0.3, -0.25) is 14.5 Å². The molecule has 1 aromatic carbocycles. The molecule has 0 saturated heterocycles. The Labute approximate surface area is 129 Å². The van der Waals surface area contributed by atoms with E-state index in [0.29, 0.717) is 6.54 Å². The Morgan fingerprint density at radius 3 is 2.43 bits per heavy atom. The third-order valence-corrected chi connectivity index (χ3v) is 4.15. The Morgan fingerprint density at radius 2 is 1.90 bits per heavy atom. The molecule has 0 unspecified atom stereocenters. The number of amides is 1. The van der Waals surface area contributed by atoms with Crippen LogP contribution in [0, 0.1) is 6.92 Å². The van der Waals surface area contributed by atoms with E-state index in [1.165, 1.54) is 19.1 Å². The Balaban J connectivity index is 2.73. The number of aryl methyl sites for hydroxylation is 1. The second-order valence-electron chi connectivity index (χ2n) is 4.36. The van der Waals surface area contributed by atoms with E-state index in [-0.39, 0.29) is 29.1 Å². The van der Waals surface area contributed by atoms with E-state index < -0.39 is 10.0 Å². The molecule has 0 aliphatic rings. The van der Waals surface area contributed by atoms with E-state index in [0.717, 1.165) is 5.56 Å². The van der Waals surface area contributed by atoms with E-state index in [2.05, 4.69) is 15.0 Å². The average Bonchev–Trinajstić information content (AvgIpc) is 2.42. The summed E-state index contributed by atoms with van der Waals surface area (Å²) in [6, 6.07) is 6.45. The molecule has 0 heterocycles. The molecule has 2 N–H and O–H groups in total. The van der Waals surface area contributed by atoms with Gasteiger partial charge in [0.05, 0.1) is 17.3 Å². The van der Waals surface area contributed by atoms with Crippen molar-refractivity contribution in [3.05, 3.63) is 29.8 Å². The summed E-state index contributed by atoms with van der Waals surface area (Å²) in [5.74, 6) is -0.0917. The fraction of sp³-hybridized carbons (Fsp3) is 0.385. The summed E-state index contributed by atoms with van der Waals surface area (Å²) in [7, 11) is -3.69. The highest BCUT2D eigenvalue weighted by molar-refractivity contribution is 7.90. The number of sulfonamides is 1. The Bertz CT molecular complexity index is 612. The number of alkyl halides is 1. The minimum atomic E-state index is -3.69. The van der Waals surface area contributed by atoms with E-state index in [9.17, 15) is 13.2 Å². The van der Waals surface area contributed by atoms with Gasteiger partial charge in [-0.1, -0.05) is 17.7 Å². The molecule has 0 atom stereocenters. The minimum absolute atomic E-state index is 0.0643. The number of nitrogens with zero attached hydrogens (tertiary/aromatic N) is 1. The van der Waals surface area contributed by atoms with Crippen LogP contribution in [0.5, 0.6) is 0 Å².